The van der Waals surface area contributed by atoms with E-state index in [9.17, 15) is 0 Å². The normalized spacial score (nSPS) is 11.2. The van der Waals surface area contributed by atoms with Crippen molar-refractivity contribution in [1.29, 1.82) is 0 Å². The van der Waals surface area contributed by atoms with Crippen molar-refractivity contribution in [3.05, 3.63) is 58.0 Å². The highest BCUT2D eigenvalue weighted by atomic mass is 32.1. The molecule has 19 heavy (non-hydrogen) atoms. The molecule has 1 N–H and O–H groups in total. The van der Waals surface area contributed by atoms with E-state index in [1.807, 2.05) is 12.1 Å². The van der Waals surface area contributed by atoms with Crippen molar-refractivity contribution >= 4 is 22.3 Å². The molecule has 3 rings (SSSR count). The van der Waals surface area contributed by atoms with Gasteiger partial charge in [-0.2, -0.15) is 11.3 Å². The van der Waals surface area contributed by atoms with Crippen LogP contribution in [0.4, 0.5) is 0 Å². The van der Waals surface area contributed by atoms with Crippen LogP contribution in [0.1, 0.15) is 23.8 Å². The molecule has 0 atom stereocenters. The van der Waals surface area contributed by atoms with E-state index in [2.05, 4.69) is 41.2 Å². The summed E-state index contributed by atoms with van der Waals surface area (Å²) in [5.41, 5.74) is 3.64. The van der Waals surface area contributed by atoms with Crippen molar-refractivity contribution in [2.45, 2.75) is 26.4 Å². The molecular formula is C16H17NOS. The number of thiophene rings is 1. The van der Waals surface area contributed by atoms with Gasteiger partial charge in [-0.15, -0.1) is 0 Å². The van der Waals surface area contributed by atoms with Crippen LogP contribution < -0.4 is 5.32 Å². The fourth-order valence-corrected chi connectivity index (χ4v) is 3.02. The van der Waals surface area contributed by atoms with E-state index in [0.717, 1.165) is 30.9 Å². The molecule has 0 unspecified atom stereocenters. The summed E-state index contributed by atoms with van der Waals surface area (Å²) >= 11 is 1.74. The third kappa shape index (κ3) is 2.57. The van der Waals surface area contributed by atoms with Gasteiger partial charge in [-0.05, 0) is 28.5 Å². The number of furan rings is 1. The number of para-hydroxylation sites is 1. The highest BCUT2D eigenvalue weighted by Gasteiger charge is 2.11. The summed E-state index contributed by atoms with van der Waals surface area (Å²) in [7, 11) is 0. The van der Waals surface area contributed by atoms with Crippen LogP contribution in [0.2, 0.25) is 0 Å². The maximum atomic E-state index is 5.90. The van der Waals surface area contributed by atoms with Gasteiger partial charge >= 0.3 is 0 Å². The van der Waals surface area contributed by atoms with Gasteiger partial charge < -0.3 is 9.73 Å². The zero-order valence-electron chi connectivity index (χ0n) is 11.0. The maximum Gasteiger partial charge on any atom is 0.134 e. The van der Waals surface area contributed by atoms with Crippen LogP contribution in [0.5, 0.6) is 0 Å². The molecule has 1 aromatic carbocycles. The van der Waals surface area contributed by atoms with E-state index >= 15 is 0 Å². The molecule has 0 bridgehead atoms. The Labute approximate surface area is 117 Å². The minimum atomic E-state index is 0.857. The molecule has 0 radical (unpaired) electrons. The highest BCUT2D eigenvalue weighted by Crippen LogP contribution is 2.26. The van der Waals surface area contributed by atoms with Crippen molar-refractivity contribution in [2.75, 3.05) is 0 Å². The van der Waals surface area contributed by atoms with Gasteiger partial charge in [0.15, 0.2) is 0 Å². The average molecular weight is 271 g/mol. The van der Waals surface area contributed by atoms with Crippen LogP contribution in [-0.4, -0.2) is 0 Å². The monoisotopic (exact) mass is 271 g/mol. The van der Waals surface area contributed by atoms with Crippen molar-refractivity contribution < 1.29 is 4.42 Å². The van der Waals surface area contributed by atoms with Crippen LogP contribution in [0.25, 0.3) is 11.0 Å². The molecule has 0 fully saturated rings. The number of rotatable bonds is 5. The maximum absolute atomic E-state index is 5.90. The SMILES string of the molecule is CCc1oc2ccccc2c1CNCc1ccsc1. The van der Waals surface area contributed by atoms with Gasteiger partial charge in [0, 0.05) is 30.5 Å². The molecule has 0 saturated carbocycles. The third-order valence-electron chi connectivity index (χ3n) is 3.31. The van der Waals surface area contributed by atoms with E-state index in [0.29, 0.717) is 0 Å². The summed E-state index contributed by atoms with van der Waals surface area (Å²) < 4.78 is 5.90. The number of aryl methyl sites for hydroxylation is 1. The molecular weight excluding hydrogens is 254 g/mol. The predicted molar refractivity (Wildman–Crippen MR) is 80.5 cm³/mol. The molecule has 0 aliphatic heterocycles. The smallest absolute Gasteiger partial charge is 0.134 e. The van der Waals surface area contributed by atoms with Gasteiger partial charge in [-0.25, -0.2) is 0 Å². The minimum Gasteiger partial charge on any atom is -0.461 e. The van der Waals surface area contributed by atoms with Crippen LogP contribution in [0, 0.1) is 0 Å². The Kier molecular flexibility index (Phi) is 3.67. The second-order valence-corrected chi connectivity index (χ2v) is 5.37. The Balaban J connectivity index is 1.79. The second kappa shape index (κ2) is 5.59. The summed E-state index contributed by atoms with van der Waals surface area (Å²) in [6, 6.07) is 10.4. The minimum absolute atomic E-state index is 0.857. The first-order valence-corrected chi connectivity index (χ1v) is 7.54. The number of benzene rings is 1. The average Bonchev–Trinajstić information content (AvgIpc) is 3.06. The molecule has 3 heteroatoms. The highest BCUT2D eigenvalue weighted by molar-refractivity contribution is 7.07. The zero-order valence-corrected chi connectivity index (χ0v) is 11.8. The van der Waals surface area contributed by atoms with Crippen molar-refractivity contribution in [1.82, 2.24) is 5.32 Å². The topological polar surface area (TPSA) is 25.2 Å². The number of hydrogen-bond donors (Lipinski definition) is 1. The van der Waals surface area contributed by atoms with Gasteiger partial charge in [0.05, 0.1) is 0 Å². The Morgan fingerprint density at radius 3 is 2.84 bits per heavy atom. The van der Waals surface area contributed by atoms with E-state index < -0.39 is 0 Å². The van der Waals surface area contributed by atoms with E-state index in [1.165, 1.54) is 16.5 Å². The molecule has 2 aromatic heterocycles. The fraction of sp³-hybridized carbons (Fsp3) is 0.250. The molecule has 0 saturated heterocycles. The molecule has 0 aliphatic carbocycles. The Bertz CT molecular complexity index is 655. The summed E-state index contributed by atoms with van der Waals surface area (Å²) in [5, 5.41) is 9.03. The first-order chi connectivity index (χ1) is 9.38. The Hall–Kier alpha value is -1.58. The predicted octanol–water partition coefficient (Wildman–Crippen LogP) is 4.35. The van der Waals surface area contributed by atoms with Gasteiger partial charge in [-0.3, -0.25) is 0 Å². The summed E-state index contributed by atoms with van der Waals surface area (Å²) in [5.74, 6) is 1.10. The molecule has 0 spiro atoms. The van der Waals surface area contributed by atoms with E-state index in [-0.39, 0.29) is 0 Å². The van der Waals surface area contributed by atoms with Gasteiger partial charge in [0.25, 0.3) is 0 Å². The first kappa shape index (κ1) is 12.5. The quantitative estimate of drug-likeness (QED) is 0.746. The van der Waals surface area contributed by atoms with Gasteiger partial charge in [0.2, 0.25) is 0 Å². The van der Waals surface area contributed by atoms with Crippen LogP contribution in [0.3, 0.4) is 0 Å². The van der Waals surface area contributed by atoms with E-state index in [1.54, 1.807) is 11.3 Å². The van der Waals surface area contributed by atoms with Crippen molar-refractivity contribution in [2.24, 2.45) is 0 Å². The van der Waals surface area contributed by atoms with Gasteiger partial charge in [-0.1, -0.05) is 25.1 Å². The summed E-state index contributed by atoms with van der Waals surface area (Å²) in [6.07, 6.45) is 0.935. The second-order valence-electron chi connectivity index (χ2n) is 4.59. The molecule has 0 aliphatic rings. The zero-order chi connectivity index (χ0) is 13.1. The Morgan fingerprint density at radius 2 is 2.05 bits per heavy atom. The molecule has 0 amide bonds. The fourth-order valence-electron chi connectivity index (χ4n) is 2.35. The Morgan fingerprint density at radius 1 is 1.16 bits per heavy atom. The third-order valence-corrected chi connectivity index (χ3v) is 4.05. The number of fused-ring (bicyclic) bond motifs is 1. The van der Waals surface area contributed by atoms with E-state index in [4.69, 9.17) is 4.42 Å². The van der Waals surface area contributed by atoms with Gasteiger partial charge in [0.1, 0.15) is 11.3 Å². The number of nitrogens with one attached hydrogen (secondary N) is 1. The summed E-state index contributed by atoms with van der Waals surface area (Å²) in [6.45, 7) is 3.91. The van der Waals surface area contributed by atoms with Crippen LogP contribution in [0.15, 0.2) is 45.5 Å². The summed E-state index contributed by atoms with van der Waals surface area (Å²) in [4.78, 5) is 0. The van der Waals surface area contributed by atoms with Crippen molar-refractivity contribution in [3.8, 4) is 0 Å². The lowest BCUT2D eigenvalue weighted by molar-refractivity contribution is 0.544. The van der Waals surface area contributed by atoms with Crippen LogP contribution >= 0.6 is 11.3 Å². The number of hydrogen-bond acceptors (Lipinski definition) is 3. The first-order valence-electron chi connectivity index (χ1n) is 6.59. The largest absolute Gasteiger partial charge is 0.461 e. The van der Waals surface area contributed by atoms with Crippen molar-refractivity contribution in [3.63, 3.8) is 0 Å². The van der Waals surface area contributed by atoms with Crippen LogP contribution in [-0.2, 0) is 19.5 Å². The molecule has 2 nitrogen and oxygen atoms in total. The lowest BCUT2D eigenvalue weighted by Gasteiger charge is -2.04. The standard InChI is InChI=1S/C16H17NOS/c1-2-15-14(10-17-9-12-7-8-19-11-12)13-5-3-4-6-16(13)18-15/h3-8,11,17H,2,9-10H2,1H3. The molecule has 3 aromatic rings. The molecule has 2 heterocycles. The molecule has 98 valence electrons. The lowest BCUT2D eigenvalue weighted by Crippen LogP contribution is -2.12. The lowest BCUT2D eigenvalue weighted by atomic mass is 10.1.